The third-order valence-electron chi connectivity index (χ3n) is 3.74. The number of nitrogens with zero attached hydrogens (tertiary/aromatic N) is 1. The quantitative estimate of drug-likeness (QED) is 0.602. The molecule has 142 valence electrons. The highest BCUT2D eigenvalue weighted by molar-refractivity contribution is 6.37. The van der Waals surface area contributed by atoms with Crippen molar-refractivity contribution in [2.24, 2.45) is 0 Å². The molecule has 0 aliphatic heterocycles. The monoisotopic (exact) mass is 415 g/mol. The van der Waals surface area contributed by atoms with Crippen LogP contribution in [0.15, 0.2) is 59.9 Å². The van der Waals surface area contributed by atoms with E-state index in [0.29, 0.717) is 22.4 Å². The van der Waals surface area contributed by atoms with E-state index in [1.54, 1.807) is 31.2 Å². The molecule has 0 aliphatic rings. The van der Waals surface area contributed by atoms with Crippen molar-refractivity contribution in [3.05, 3.63) is 86.6 Å². The Morgan fingerprint density at radius 3 is 2.39 bits per heavy atom. The van der Waals surface area contributed by atoms with E-state index in [2.05, 4.69) is 22.1 Å². The van der Waals surface area contributed by atoms with Crippen LogP contribution < -0.4 is 15.6 Å². The number of nitrogens with one attached hydrogen (secondary N) is 2. The first-order chi connectivity index (χ1) is 13.3. The lowest BCUT2D eigenvalue weighted by atomic mass is 10.2. The fraction of sp³-hybridized carbons (Fsp3) is 0.0500. The summed E-state index contributed by atoms with van der Waals surface area (Å²) in [6.45, 7) is 5.43. The minimum atomic E-state index is -0.379. The smallest absolute Gasteiger partial charge is 0.271 e. The number of rotatable bonds is 5. The van der Waals surface area contributed by atoms with Gasteiger partial charge < -0.3 is 10.1 Å². The maximum Gasteiger partial charge on any atom is 0.271 e. The highest BCUT2D eigenvalue weighted by Crippen LogP contribution is 2.38. The van der Waals surface area contributed by atoms with Crippen LogP contribution in [0, 0.1) is 0 Å². The van der Waals surface area contributed by atoms with Gasteiger partial charge >= 0.3 is 0 Å². The number of hydrogen-bond acceptors (Lipinski definition) is 4. The van der Waals surface area contributed by atoms with Crippen molar-refractivity contribution in [2.75, 3.05) is 5.32 Å². The molecular weight excluding hydrogens is 401 g/mol. The van der Waals surface area contributed by atoms with Gasteiger partial charge in [-0.1, -0.05) is 48.0 Å². The van der Waals surface area contributed by atoms with Gasteiger partial charge in [0.1, 0.15) is 0 Å². The number of allylic oxidation sites excluding steroid dienone is 1. The number of hydrogen-bond donors (Lipinski definition) is 2. The van der Waals surface area contributed by atoms with Crippen LogP contribution >= 0.6 is 23.2 Å². The molecule has 0 saturated carbocycles. The lowest BCUT2D eigenvalue weighted by molar-refractivity contribution is 0.102. The molecule has 0 saturated heterocycles. The molecule has 0 fully saturated rings. The molecule has 6 nitrogen and oxygen atoms in total. The average Bonchev–Trinajstić information content (AvgIpc) is 2.66. The Hall–Kier alpha value is -3.09. The van der Waals surface area contributed by atoms with E-state index >= 15 is 0 Å². The van der Waals surface area contributed by atoms with Crippen LogP contribution in [0.5, 0.6) is 11.6 Å². The summed E-state index contributed by atoms with van der Waals surface area (Å²) in [5, 5.41) is 9.21. The largest absolute Gasteiger partial charge is 0.434 e. The number of benzene rings is 2. The van der Waals surface area contributed by atoms with E-state index in [9.17, 15) is 9.59 Å². The first kappa shape index (κ1) is 19.7. The third-order valence-corrected chi connectivity index (χ3v) is 4.30. The molecule has 0 atom stereocenters. The Morgan fingerprint density at radius 1 is 1.14 bits per heavy atom. The Balaban J connectivity index is 1.85. The molecule has 3 aromatic rings. The van der Waals surface area contributed by atoms with Gasteiger partial charge in [0.05, 0.1) is 10.0 Å². The zero-order valence-corrected chi connectivity index (χ0v) is 16.3. The maximum absolute atomic E-state index is 12.3. The number of ether oxygens (including phenoxy) is 1. The van der Waals surface area contributed by atoms with Crippen molar-refractivity contribution in [1.82, 2.24) is 10.2 Å². The van der Waals surface area contributed by atoms with Crippen molar-refractivity contribution in [1.29, 1.82) is 0 Å². The zero-order valence-electron chi connectivity index (χ0n) is 14.8. The van der Waals surface area contributed by atoms with E-state index < -0.39 is 0 Å². The second-order valence-corrected chi connectivity index (χ2v) is 6.73. The first-order valence-corrected chi connectivity index (χ1v) is 8.89. The molecule has 0 radical (unpaired) electrons. The van der Waals surface area contributed by atoms with E-state index in [-0.39, 0.29) is 33.1 Å². The zero-order chi connectivity index (χ0) is 20.3. The van der Waals surface area contributed by atoms with Gasteiger partial charge in [-0.25, -0.2) is 5.10 Å². The third kappa shape index (κ3) is 4.42. The molecule has 28 heavy (non-hydrogen) atoms. The van der Waals surface area contributed by atoms with Crippen LogP contribution in [0.25, 0.3) is 5.57 Å². The van der Waals surface area contributed by atoms with Crippen LogP contribution in [0.3, 0.4) is 0 Å². The van der Waals surface area contributed by atoms with Crippen LogP contribution in [0.2, 0.25) is 10.0 Å². The highest BCUT2D eigenvalue weighted by atomic mass is 35.5. The minimum Gasteiger partial charge on any atom is -0.434 e. The summed E-state index contributed by atoms with van der Waals surface area (Å²) in [7, 11) is 0. The molecule has 3 rings (SSSR count). The van der Waals surface area contributed by atoms with E-state index in [1.807, 2.05) is 6.07 Å². The Morgan fingerprint density at radius 2 is 1.79 bits per heavy atom. The number of H-pyrrole nitrogens is 1. The number of carbonyl (C=O) groups excluding carboxylic acids is 1. The van der Waals surface area contributed by atoms with Gasteiger partial charge in [-0.2, -0.15) is 0 Å². The Labute approximate surface area is 170 Å². The summed E-state index contributed by atoms with van der Waals surface area (Å²) in [6, 6.07) is 13.2. The van der Waals surface area contributed by atoms with Gasteiger partial charge in [0.15, 0.2) is 5.75 Å². The lowest BCUT2D eigenvalue weighted by Gasteiger charge is -2.12. The second kappa shape index (κ2) is 8.29. The van der Waals surface area contributed by atoms with Gasteiger partial charge in [-0.15, -0.1) is 5.10 Å². The summed E-state index contributed by atoms with van der Waals surface area (Å²) in [4.78, 5) is 24.0. The van der Waals surface area contributed by atoms with Crippen molar-refractivity contribution in [3.8, 4) is 11.6 Å². The molecule has 1 amide bonds. The number of carbonyl (C=O) groups is 1. The number of aromatic amines is 1. The normalized spacial score (nSPS) is 10.4. The van der Waals surface area contributed by atoms with Crippen LogP contribution in [-0.4, -0.2) is 16.1 Å². The molecule has 0 bridgehead atoms. The van der Waals surface area contributed by atoms with Gasteiger partial charge in [0, 0.05) is 22.9 Å². The molecule has 2 N–H and O–H groups in total. The van der Waals surface area contributed by atoms with Gasteiger partial charge in [0.2, 0.25) is 5.88 Å². The molecule has 8 heteroatoms. The van der Waals surface area contributed by atoms with Crippen molar-refractivity contribution < 1.29 is 9.53 Å². The first-order valence-electron chi connectivity index (χ1n) is 8.14. The number of amides is 1. The van der Waals surface area contributed by atoms with E-state index in [1.165, 1.54) is 18.2 Å². The molecule has 2 aromatic carbocycles. The molecule has 1 heterocycles. The highest BCUT2D eigenvalue weighted by Gasteiger charge is 2.15. The number of aromatic nitrogens is 2. The number of anilines is 1. The van der Waals surface area contributed by atoms with Crippen molar-refractivity contribution in [2.45, 2.75) is 6.92 Å². The van der Waals surface area contributed by atoms with Crippen LogP contribution in [0.1, 0.15) is 22.8 Å². The Kier molecular flexibility index (Phi) is 5.82. The molecule has 0 aliphatic carbocycles. The summed E-state index contributed by atoms with van der Waals surface area (Å²) in [5.74, 6) is -0.0504. The lowest BCUT2D eigenvalue weighted by Crippen LogP contribution is -2.13. The van der Waals surface area contributed by atoms with Gasteiger partial charge in [-0.3, -0.25) is 9.59 Å². The maximum atomic E-state index is 12.3. The fourth-order valence-electron chi connectivity index (χ4n) is 2.38. The molecule has 0 spiro atoms. The SMILES string of the molecule is C=C(C)c1cc(Oc2c(Cl)cc(NC(=O)c3ccccc3)cc2Cl)n[nH]c1=O. The van der Waals surface area contributed by atoms with Crippen LogP contribution in [0.4, 0.5) is 5.69 Å². The number of halogens is 2. The average molecular weight is 416 g/mol. The summed E-state index contributed by atoms with van der Waals surface area (Å²) in [6.07, 6.45) is 0. The summed E-state index contributed by atoms with van der Waals surface area (Å²) >= 11 is 12.5. The molecular formula is C20H15Cl2N3O3. The van der Waals surface area contributed by atoms with Crippen molar-refractivity contribution in [3.63, 3.8) is 0 Å². The predicted molar refractivity (Wildman–Crippen MR) is 110 cm³/mol. The standard InChI is InChI=1S/C20H15Cl2N3O3/c1-11(2)14-10-17(24-25-20(14)27)28-18-15(21)8-13(9-16(18)22)23-19(26)12-6-4-3-5-7-12/h3-10H,1H2,2H3,(H,23,26)(H,25,27). The fourth-order valence-corrected chi connectivity index (χ4v) is 2.95. The second-order valence-electron chi connectivity index (χ2n) is 5.92. The van der Waals surface area contributed by atoms with Gasteiger partial charge in [0.25, 0.3) is 11.5 Å². The predicted octanol–water partition coefficient (Wildman–Crippen LogP) is 5.15. The Bertz CT molecular complexity index is 1090. The van der Waals surface area contributed by atoms with E-state index in [0.717, 1.165) is 0 Å². The minimum absolute atomic E-state index is 0.0995. The van der Waals surface area contributed by atoms with E-state index in [4.69, 9.17) is 27.9 Å². The van der Waals surface area contributed by atoms with Gasteiger partial charge in [-0.05, 0) is 36.8 Å². The molecule has 0 unspecified atom stereocenters. The topological polar surface area (TPSA) is 84.1 Å². The van der Waals surface area contributed by atoms with Crippen LogP contribution in [-0.2, 0) is 0 Å². The van der Waals surface area contributed by atoms with Crippen molar-refractivity contribution >= 4 is 40.4 Å². The summed E-state index contributed by atoms with van der Waals surface area (Å²) in [5.41, 5.74) is 1.43. The molecule has 1 aromatic heterocycles. The summed E-state index contributed by atoms with van der Waals surface area (Å²) < 4.78 is 5.63.